The van der Waals surface area contributed by atoms with Gasteiger partial charge in [-0.15, -0.1) is 0 Å². The first-order valence-electron chi connectivity index (χ1n) is 11.8. The maximum atomic E-state index is 13.3. The topological polar surface area (TPSA) is 41.2 Å². The van der Waals surface area contributed by atoms with E-state index in [0.717, 1.165) is 43.9 Å². The molecule has 29 heavy (non-hydrogen) atoms. The van der Waals surface area contributed by atoms with E-state index in [0.29, 0.717) is 18.2 Å². The van der Waals surface area contributed by atoms with Crippen LogP contribution in [0.4, 0.5) is 0 Å². The number of ketones is 1. The molecule has 3 heteroatoms. The van der Waals surface area contributed by atoms with Crippen molar-refractivity contribution in [1.82, 2.24) is 0 Å². The van der Waals surface area contributed by atoms with E-state index in [1.807, 2.05) is 35.2 Å². The van der Waals surface area contributed by atoms with Gasteiger partial charge in [0.15, 0.2) is 12.4 Å². The van der Waals surface area contributed by atoms with Gasteiger partial charge < -0.3 is 5.11 Å². The van der Waals surface area contributed by atoms with Crippen molar-refractivity contribution in [3.05, 3.63) is 42.2 Å². The van der Waals surface area contributed by atoms with Crippen LogP contribution < -0.4 is 4.57 Å². The lowest BCUT2D eigenvalue weighted by Crippen LogP contribution is -2.51. The van der Waals surface area contributed by atoms with E-state index in [-0.39, 0.29) is 22.9 Å². The number of carbonyl (C=O) groups excluding carboxylic acids is 1. The number of Topliss-reactive ketones (excluding diaryl/α,β-unsaturated/α-hetero) is 1. The highest BCUT2D eigenvalue weighted by Gasteiger charge is 2.59. The van der Waals surface area contributed by atoms with E-state index >= 15 is 0 Å². The number of aliphatic hydroxyl groups is 1. The van der Waals surface area contributed by atoms with E-state index in [2.05, 4.69) is 19.9 Å². The summed E-state index contributed by atoms with van der Waals surface area (Å²) in [5, 5.41) is 10.2. The second kappa shape index (κ2) is 7.04. The zero-order valence-corrected chi connectivity index (χ0v) is 18.0. The Bertz CT molecular complexity index is 817. The number of aromatic nitrogens is 1. The molecule has 3 fully saturated rings. The maximum absolute atomic E-state index is 13.3. The molecule has 1 N–H and O–H groups in total. The van der Waals surface area contributed by atoms with Gasteiger partial charge >= 0.3 is 0 Å². The van der Waals surface area contributed by atoms with Gasteiger partial charge in [-0.1, -0.05) is 31.6 Å². The molecule has 1 heterocycles. The predicted octanol–water partition coefficient (Wildman–Crippen LogP) is 4.48. The summed E-state index contributed by atoms with van der Waals surface area (Å²) in [5.41, 5.74) is 1.99. The molecule has 0 saturated heterocycles. The molecular formula is C26H36NO2+. The van der Waals surface area contributed by atoms with Crippen molar-refractivity contribution in [3.8, 4) is 0 Å². The Balaban J connectivity index is 1.38. The van der Waals surface area contributed by atoms with Crippen LogP contribution >= 0.6 is 0 Å². The van der Waals surface area contributed by atoms with Crippen molar-refractivity contribution in [3.63, 3.8) is 0 Å². The molecule has 5 rings (SSSR count). The molecule has 0 aromatic carbocycles. The molecule has 3 nitrogen and oxygen atoms in total. The average Bonchev–Trinajstić information content (AvgIpc) is 3.06. The van der Waals surface area contributed by atoms with E-state index in [9.17, 15) is 9.90 Å². The van der Waals surface area contributed by atoms with Crippen molar-refractivity contribution >= 4 is 5.78 Å². The van der Waals surface area contributed by atoms with Crippen LogP contribution in [0.1, 0.15) is 65.2 Å². The third-order valence-corrected chi connectivity index (χ3v) is 9.58. The summed E-state index contributed by atoms with van der Waals surface area (Å²) in [4.78, 5) is 13.3. The molecule has 4 aliphatic rings. The first-order valence-corrected chi connectivity index (χ1v) is 11.8. The zero-order chi connectivity index (χ0) is 20.2. The van der Waals surface area contributed by atoms with Crippen molar-refractivity contribution < 1.29 is 14.5 Å². The molecule has 156 valence electrons. The fourth-order valence-corrected chi connectivity index (χ4v) is 8.00. The minimum atomic E-state index is -0.135. The van der Waals surface area contributed by atoms with Crippen molar-refractivity contribution in [2.24, 2.45) is 34.5 Å². The third kappa shape index (κ3) is 3.03. The summed E-state index contributed by atoms with van der Waals surface area (Å²) < 4.78 is 2.04. The Morgan fingerprint density at radius 2 is 1.86 bits per heavy atom. The first kappa shape index (κ1) is 19.5. The van der Waals surface area contributed by atoms with Gasteiger partial charge in [-0.3, -0.25) is 4.79 Å². The number of hydrogen-bond donors (Lipinski definition) is 1. The zero-order valence-electron chi connectivity index (χ0n) is 18.0. The van der Waals surface area contributed by atoms with Gasteiger partial charge in [-0.05, 0) is 80.0 Å². The fourth-order valence-electron chi connectivity index (χ4n) is 8.00. The largest absolute Gasteiger partial charge is 0.393 e. The van der Waals surface area contributed by atoms with Crippen molar-refractivity contribution in [1.29, 1.82) is 0 Å². The summed E-state index contributed by atoms with van der Waals surface area (Å²) >= 11 is 0. The molecule has 1 aromatic rings. The smallest absolute Gasteiger partial charge is 0.206 e. The molecule has 7 atom stereocenters. The lowest BCUT2D eigenvalue weighted by atomic mass is 9.47. The fraction of sp³-hybridized carbons (Fsp3) is 0.692. The van der Waals surface area contributed by atoms with Crippen LogP contribution in [0.25, 0.3) is 0 Å². The minimum absolute atomic E-state index is 0.135. The highest BCUT2D eigenvalue weighted by molar-refractivity contribution is 5.81. The van der Waals surface area contributed by atoms with E-state index < -0.39 is 0 Å². The Labute approximate surface area is 175 Å². The highest BCUT2D eigenvalue weighted by atomic mass is 16.3. The lowest BCUT2D eigenvalue weighted by Gasteiger charge is -2.57. The average molecular weight is 395 g/mol. The summed E-state index contributed by atoms with van der Waals surface area (Å²) in [6.45, 7) is 5.43. The molecule has 1 aromatic heterocycles. The SMILES string of the molecule is C[C@]12CC[C@@H]3[C@H](CC=C4C[C@H](O)CC[C@@]43C)[C@@H]1CC[C@H]2C(=O)C[n+]1ccccc1. The molecule has 0 unspecified atom stereocenters. The van der Waals surface area contributed by atoms with Crippen LogP contribution in [0.3, 0.4) is 0 Å². The van der Waals surface area contributed by atoms with Crippen LogP contribution in [0.5, 0.6) is 0 Å². The van der Waals surface area contributed by atoms with Gasteiger partial charge in [0.2, 0.25) is 12.3 Å². The molecular weight excluding hydrogens is 358 g/mol. The summed E-state index contributed by atoms with van der Waals surface area (Å²) in [7, 11) is 0. The number of aliphatic hydroxyl groups excluding tert-OH is 1. The molecule has 0 bridgehead atoms. The molecule has 3 saturated carbocycles. The summed E-state index contributed by atoms with van der Waals surface area (Å²) in [6.07, 6.45) is 15.3. The molecule has 0 aliphatic heterocycles. The number of fused-ring (bicyclic) bond motifs is 5. The van der Waals surface area contributed by atoms with E-state index in [1.54, 1.807) is 0 Å². The number of carbonyl (C=O) groups is 1. The maximum Gasteiger partial charge on any atom is 0.206 e. The van der Waals surface area contributed by atoms with Gasteiger partial charge in [0.25, 0.3) is 0 Å². The molecule has 0 radical (unpaired) electrons. The summed E-state index contributed by atoms with van der Waals surface area (Å²) in [5.74, 6) is 2.79. The number of hydrogen-bond acceptors (Lipinski definition) is 2. The van der Waals surface area contributed by atoms with Crippen molar-refractivity contribution in [2.45, 2.75) is 77.9 Å². The third-order valence-electron chi connectivity index (χ3n) is 9.58. The van der Waals surface area contributed by atoms with Crippen LogP contribution in [0, 0.1) is 34.5 Å². The van der Waals surface area contributed by atoms with E-state index in [4.69, 9.17) is 0 Å². The van der Waals surface area contributed by atoms with Crippen molar-refractivity contribution in [2.75, 3.05) is 0 Å². The second-order valence-electron chi connectivity index (χ2n) is 10.8. The number of nitrogens with zero attached hydrogens (tertiary/aromatic N) is 1. The van der Waals surface area contributed by atoms with Crippen LogP contribution in [0.2, 0.25) is 0 Å². The van der Waals surface area contributed by atoms with Gasteiger partial charge in [-0.25, -0.2) is 0 Å². The Morgan fingerprint density at radius 3 is 2.66 bits per heavy atom. The predicted molar refractivity (Wildman–Crippen MR) is 113 cm³/mol. The van der Waals surface area contributed by atoms with Gasteiger partial charge in [-0.2, -0.15) is 4.57 Å². The number of rotatable bonds is 3. The monoisotopic (exact) mass is 394 g/mol. The lowest BCUT2D eigenvalue weighted by molar-refractivity contribution is -0.684. The highest BCUT2D eigenvalue weighted by Crippen LogP contribution is 2.66. The Kier molecular flexibility index (Phi) is 4.73. The van der Waals surface area contributed by atoms with Gasteiger partial charge in [0.1, 0.15) is 0 Å². The molecule has 0 amide bonds. The second-order valence-corrected chi connectivity index (χ2v) is 10.8. The Morgan fingerprint density at radius 1 is 1.07 bits per heavy atom. The minimum Gasteiger partial charge on any atom is -0.393 e. The van der Waals surface area contributed by atoms with Crippen LogP contribution in [-0.4, -0.2) is 17.0 Å². The van der Waals surface area contributed by atoms with Crippen LogP contribution in [-0.2, 0) is 11.3 Å². The van der Waals surface area contributed by atoms with Gasteiger partial charge in [0, 0.05) is 18.1 Å². The number of allylic oxidation sites excluding steroid dienone is 1. The van der Waals surface area contributed by atoms with Crippen LogP contribution in [0.15, 0.2) is 42.2 Å². The first-order chi connectivity index (χ1) is 13.9. The van der Waals surface area contributed by atoms with E-state index in [1.165, 1.54) is 24.8 Å². The molecule has 4 aliphatic carbocycles. The normalized spacial score (nSPS) is 43.7. The quantitative estimate of drug-likeness (QED) is 0.606. The standard InChI is InChI=1S/C26H36NO2/c1-25-12-10-19(28)16-18(25)6-7-20-21-8-9-23(26(21,2)13-11-22(20)25)24(29)17-27-14-4-3-5-15-27/h3-6,14-15,19-23,28H,7-13,16-17H2,1-2H3/q+1/t19-,20-,21+,22-,23+,25+,26+/m1/s1. The van der Waals surface area contributed by atoms with Gasteiger partial charge in [0.05, 0.1) is 6.10 Å². The summed E-state index contributed by atoms with van der Waals surface area (Å²) in [6, 6.07) is 6.02. The number of pyridine rings is 1. The molecule has 0 spiro atoms. The Hall–Kier alpha value is -1.48.